The van der Waals surface area contributed by atoms with Crippen LogP contribution in [0.25, 0.3) is 0 Å². The van der Waals surface area contributed by atoms with Crippen LogP contribution in [-0.2, 0) is 4.74 Å². The summed E-state index contributed by atoms with van der Waals surface area (Å²) < 4.78 is 5.25. The average molecular weight is 342 g/mol. The lowest BCUT2D eigenvalue weighted by Gasteiger charge is -2.39. The Bertz CT molecular complexity index is 594. The van der Waals surface area contributed by atoms with E-state index in [2.05, 4.69) is 4.98 Å². The van der Waals surface area contributed by atoms with Gasteiger partial charge in [-0.15, -0.1) is 0 Å². The first kappa shape index (κ1) is 16.2. The summed E-state index contributed by atoms with van der Waals surface area (Å²) in [5, 5.41) is 31.6. The predicted octanol–water partition coefficient (Wildman–Crippen LogP) is 0.0180. The largest absolute Gasteiger partial charge is 0.378 e. The number of hydrogen-bond donors (Lipinski definition) is 2. The summed E-state index contributed by atoms with van der Waals surface area (Å²) in [7, 11) is 0. The molecule has 0 unspecified atom stereocenters. The highest BCUT2D eigenvalue weighted by Crippen LogP contribution is 2.34. The lowest BCUT2D eigenvalue weighted by molar-refractivity contribution is -0.384. The van der Waals surface area contributed by atoms with Crippen molar-refractivity contribution in [3.8, 4) is 0 Å². The van der Waals surface area contributed by atoms with Crippen molar-refractivity contribution < 1.29 is 19.9 Å². The van der Waals surface area contributed by atoms with Gasteiger partial charge in [0.25, 0.3) is 5.91 Å². The fourth-order valence-electron chi connectivity index (χ4n) is 2.69. The maximum Gasteiger partial charge on any atom is 0.313 e. The van der Waals surface area contributed by atoms with Gasteiger partial charge in [0, 0.05) is 31.5 Å². The molecule has 2 fully saturated rings. The summed E-state index contributed by atoms with van der Waals surface area (Å²) >= 11 is 1.42. The van der Waals surface area contributed by atoms with Gasteiger partial charge in [-0.2, -0.15) is 11.8 Å². The highest BCUT2D eigenvalue weighted by atomic mass is 32.2. The second kappa shape index (κ2) is 6.48. The predicted molar refractivity (Wildman–Crippen MR) is 85.8 cm³/mol. The molecule has 0 aliphatic carbocycles. The van der Waals surface area contributed by atoms with Gasteiger partial charge in [-0.1, -0.05) is 0 Å². The maximum absolute atomic E-state index is 11.4. The molecular formula is C13H18N4O5S. The molecule has 0 aromatic carbocycles. The van der Waals surface area contributed by atoms with Crippen molar-refractivity contribution in [2.75, 3.05) is 54.2 Å². The van der Waals surface area contributed by atoms with Gasteiger partial charge in [0.2, 0.25) is 5.82 Å². The fraction of sp³-hybridized carbons (Fsp3) is 0.615. The highest BCUT2D eigenvalue weighted by Gasteiger charge is 2.36. The smallest absolute Gasteiger partial charge is 0.313 e. The zero-order valence-corrected chi connectivity index (χ0v) is 13.2. The number of pyridine rings is 1. The first-order chi connectivity index (χ1) is 11.0. The van der Waals surface area contributed by atoms with E-state index >= 15 is 0 Å². The van der Waals surface area contributed by atoms with E-state index < -0.39 is 10.8 Å². The minimum Gasteiger partial charge on any atom is -0.378 e. The molecule has 0 saturated carbocycles. The van der Waals surface area contributed by atoms with Gasteiger partial charge in [-0.3, -0.25) is 10.1 Å². The van der Waals surface area contributed by atoms with E-state index in [1.54, 1.807) is 0 Å². The number of thioether (sulfide) groups is 1. The lowest BCUT2D eigenvalue weighted by Crippen LogP contribution is -2.55. The van der Waals surface area contributed by atoms with Crippen LogP contribution in [0.15, 0.2) is 12.3 Å². The number of anilines is 2. The number of morpholine rings is 1. The number of nitro groups is 1. The third kappa shape index (κ3) is 3.34. The van der Waals surface area contributed by atoms with Crippen LogP contribution in [0.5, 0.6) is 0 Å². The van der Waals surface area contributed by atoms with Crippen LogP contribution in [-0.4, -0.2) is 70.4 Å². The molecular weight excluding hydrogens is 324 g/mol. The summed E-state index contributed by atoms with van der Waals surface area (Å²) in [5.74, 6) is -0.915. The maximum atomic E-state index is 11.4. The molecule has 126 valence electrons. The van der Waals surface area contributed by atoms with Crippen LogP contribution in [0.3, 0.4) is 0 Å². The number of hydrogen-bond acceptors (Lipinski definition) is 9. The molecule has 0 bridgehead atoms. The van der Waals surface area contributed by atoms with Crippen molar-refractivity contribution in [1.82, 2.24) is 4.98 Å². The number of aromatic nitrogens is 1. The van der Waals surface area contributed by atoms with E-state index in [0.717, 1.165) is 0 Å². The lowest BCUT2D eigenvalue weighted by atomic mass is 10.2. The number of aliphatic hydroxyl groups is 2. The minimum absolute atomic E-state index is 0.117. The number of nitrogens with zero attached hydrogens (tertiary/aromatic N) is 4. The molecule has 0 spiro atoms. The third-order valence-electron chi connectivity index (χ3n) is 3.84. The van der Waals surface area contributed by atoms with Gasteiger partial charge in [0.05, 0.1) is 35.8 Å². The van der Waals surface area contributed by atoms with E-state index in [1.807, 2.05) is 4.90 Å². The van der Waals surface area contributed by atoms with Crippen LogP contribution in [0.2, 0.25) is 0 Å². The number of ether oxygens (including phenoxy) is 1. The Morgan fingerprint density at radius 2 is 2.09 bits per heavy atom. The first-order valence-corrected chi connectivity index (χ1v) is 8.42. The molecule has 23 heavy (non-hydrogen) atoms. The zero-order valence-electron chi connectivity index (χ0n) is 12.4. The molecule has 3 heterocycles. The van der Waals surface area contributed by atoms with E-state index in [9.17, 15) is 20.3 Å². The number of rotatable bonds is 3. The molecule has 0 atom stereocenters. The molecule has 2 saturated heterocycles. The second-order valence-corrected chi connectivity index (χ2v) is 6.48. The van der Waals surface area contributed by atoms with Crippen molar-refractivity contribution in [3.63, 3.8) is 0 Å². The van der Waals surface area contributed by atoms with Crippen LogP contribution in [0, 0.1) is 10.1 Å². The molecule has 1 aromatic heterocycles. The summed E-state index contributed by atoms with van der Waals surface area (Å²) in [5.41, 5.74) is 0.192. The molecule has 1 aromatic rings. The van der Waals surface area contributed by atoms with Gasteiger partial charge >= 0.3 is 5.69 Å². The Kier molecular flexibility index (Phi) is 4.57. The van der Waals surface area contributed by atoms with Gasteiger partial charge in [-0.05, 0) is 0 Å². The Hall–Kier alpha value is -1.62. The highest BCUT2D eigenvalue weighted by molar-refractivity contribution is 7.99. The summed E-state index contributed by atoms with van der Waals surface area (Å²) in [6.07, 6.45) is 1.45. The van der Waals surface area contributed by atoms with E-state index in [0.29, 0.717) is 44.3 Å². The third-order valence-corrected chi connectivity index (χ3v) is 4.90. The second-order valence-electron chi connectivity index (χ2n) is 5.37. The molecule has 2 aliphatic heterocycles. The Labute approximate surface area is 137 Å². The molecule has 9 nitrogen and oxygen atoms in total. The molecule has 2 aliphatic rings. The quantitative estimate of drug-likeness (QED) is 0.446. The zero-order chi connectivity index (χ0) is 16.4. The van der Waals surface area contributed by atoms with Gasteiger partial charge in [0.15, 0.2) is 0 Å². The van der Waals surface area contributed by atoms with Crippen molar-refractivity contribution >= 4 is 29.0 Å². The molecule has 10 heteroatoms. The summed E-state index contributed by atoms with van der Waals surface area (Å²) in [4.78, 5) is 18.3. The SMILES string of the molecule is O=[N+]([O-])c1cc(N2CCSCC2(O)O)cnc1N1CCOCC1. The van der Waals surface area contributed by atoms with Crippen molar-refractivity contribution in [2.24, 2.45) is 0 Å². The topological polar surface area (TPSA) is 112 Å². The van der Waals surface area contributed by atoms with Gasteiger partial charge in [0.1, 0.15) is 0 Å². The Morgan fingerprint density at radius 1 is 1.35 bits per heavy atom. The van der Waals surface area contributed by atoms with Gasteiger partial charge in [-0.25, -0.2) is 4.98 Å². The standard InChI is InChI=1S/C13H18N4O5S/c18-13(19)9-23-6-3-16(13)10-7-11(17(20)21)12(14-8-10)15-1-4-22-5-2-15/h7-8,18-19H,1-6,9H2. The monoisotopic (exact) mass is 342 g/mol. The molecule has 0 amide bonds. The van der Waals surface area contributed by atoms with E-state index in [1.165, 1.54) is 28.9 Å². The first-order valence-electron chi connectivity index (χ1n) is 7.26. The van der Waals surface area contributed by atoms with Crippen molar-refractivity contribution in [1.29, 1.82) is 0 Å². The summed E-state index contributed by atoms with van der Waals surface area (Å²) in [6.45, 7) is 2.46. The van der Waals surface area contributed by atoms with Crippen LogP contribution >= 0.6 is 11.8 Å². The normalized spacial score (nSPS) is 21.3. The van der Waals surface area contributed by atoms with E-state index in [4.69, 9.17) is 4.74 Å². The van der Waals surface area contributed by atoms with Crippen molar-refractivity contribution in [2.45, 2.75) is 5.91 Å². The van der Waals surface area contributed by atoms with Crippen molar-refractivity contribution in [3.05, 3.63) is 22.4 Å². The van der Waals surface area contributed by atoms with Crippen LogP contribution < -0.4 is 9.80 Å². The summed E-state index contributed by atoms with van der Waals surface area (Å²) in [6, 6.07) is 1.36. The molecule has 2 N–H and O–H groups in total. The van der Waals surface area contributed by atoms with Crippen LogP contribution in [0.4, 0.5) is 17.2 Å². The van der Waals surface area contributed by atoms with Crippen LogP contribution in [0.1, 0.15) is 0 Å². The Balaban J connectivity index is 1.94. The average Bonchev–Trinajstić information content (AvgIpc) is 2.55. The molecule has 3 rings (SSSR count). The minimum atomic E-state index is -2.03. The van der Waals surface area contributed by atoms with E-state index in [-0.39, 0.29) is 17.3 Å². The molecule has 0 radical (unpaired) electrons. The van der Waals surface area contributed by atoms with Gasteiger partial charge < -0.3 is 24.7 Å². The Morgan fingerprint density at radius 3 is 2.74 bits per heavy atom. The fourth-order valence-corrected chi connectivity index (χ4v) is 3.58.